The molecule has 1 aromatic rings. The van der Waals surface area contributed by atoms with Gasteiger partial charge in [-0.25, -0.2) is 0 Å². The smallest absolute Gasteiger partial charge is 0.267 e. The second kappa shape index (κ2) is 7.75. The zero-order chi connectivity index (χ0) is 16.9. The molecule has 2 aliphatic heterocycles. The number of nitrogens with zero attached hydrogens (tertiary/aromatic N) is 2. The van der Waals surface area contributed by atoms with Gasteiger partial charge in [-0.2, -0.15) is 0 Å². The number of carbonyl (C=O) groups excluding carboxylic acids is 2. The first-order valence-corrected chi connectivity index (χ1v) is 8.73. The fraction of sp³-hybridized carbons (Fsp3) is 0.611. The third-order valence-corrected chi connectivity index (χ3v) is 5.18. The van der Waals surface area contributed by atoms with Crippen molar-refractivity contribution in [3.05, 3.63) is 29.6 Å². The van der Waals surface area contributed by atoms with Crippen LogP contribution in [0.15, 0.2) is 18.3 Å². The number of aromatic nitrogens is 1. The summed E-state index contributed by atoms with van der Waals surface area (Å²) in [6.45, 7) is 3.40. The third kappa shape index (κ3) is 4.12. The highest BCUT2D eigenvalue weighted by Gasteiger charge is 2.30. The molecule has 0 aliphatic carbocycles. The molecule has 24 heavy (non-hydrogen) atoms. The number of hydrogen-bond donors (Lipinski definition) is 1. The summed E-state index contributed by atoms with van der Waals surface area (Å²) in [4.78, 5) is 29.6. The van der Waals surface area contributed by atoms with Gasteiger partial charge in [0.25, 0.3) is 5.91 Å². The first kappa shape index (κ1) is 16.9. The lowest BCUT2D eigenvalue weighted by molar-refractivity contribution is -0.133. The Morgan fingerprint density at radius 3 is 2.67 bits per heavy atom. The maximum atomic E-state index is 12.6. The Bertz CT molecular complexity index is 582. The van der Waals surface area contributed by atoms with E-state index >= 15 is 0 Å². The van der Waals surface area contributed by atoms with Gasteiger partial charge in [0.05, 0.1) is 6.42 Å². The summed E-state index contributed by atoms with van der Waals surface area (Å²) in [5.74, 6) is 0.872. The molecule has 1 atom stereocenters. The largest absolute Gasteiger partial charge is 0.381 e. The molecular weight excluding hydrogens is 306 g/mol. The van der Waals surface area contributed by atoms with Crippen LogP contribution in [0.5, 0.6) is 0 Å². The van der Waals surface area contributed by atoms with Gasteiger partial charge in [-0.05, 0) is 49.1 Å². The van der Waals surface area contributed by atoms with Crippen molar-refractivity contribution < 1.29 is 14.3 Å². The van der Waals surface area contributed by atoms with E-state index in [9.17, 15) is 9.59 Å². The molecule has 6 heteroatoms. The van der Waals surface area contributed by atoms with Crippen LogP contribution in [0.3, 0.4) is 0 Å². The molecule has 2 fully saturated rings. The average Bonchev–Trinajstić information content (AvgIpc) is 2.63. The van der Waals surface area contributed by atoms with Crippen molar-refractivity contribution >= 4 is 11.8 Å². The molecule has 2 amide bonds. The molecule has 2 N–H and O–H groups in total. The number of piperidine rings is 1. The minimum atomic E-state index is -0.553. The van der Waals surface area contributed by atoms with E-state index in [4.69, 9.17) is 10.5 Å². The van der Waals surface area contributed by atoms with E-state index < -0.39 is 5.91 Å². The molecule has 1 unspecified atom stereocenters. The standard InChI is InChI=1S/C18H25N3O3/c19-18(23)16-4-3-13(11-20-16)10-17(22)21-7-1-2-15(12-21)14-5-8-24-9-6-14/h3-4,11,14-15H,1-2,5-10,12H2,(H2,19,23). The number of pyridine rings is 1. The van der Waals surface area contributed by atoms with Crippen LogP contribution in [0.2, 0.25) is 0 Å². The van der Waals surface area contributed by atoms with Crippen LogP contribution in [0, 0.1) is 11.8 Å². The molecule has 130 valence electrons. The van der Waals surface area contributed by atoms with Gasteiger partial charge >= 0.3 is 0 Å². The first-order chi connectivity index (χ1) is 11.6. The van der Waals surface area contributed by atoms with Gasteiger partial charge in [-0.15, -0.1) is 0 Å². The Kier molecular flexibility index (Phi) is 5.45. The van der Waals surface area contributed by atoms with Crippen molar-refractivity contribution in [3.8, 4) is 0 Å². The predicted octanol–water partition coefficient (Wildman–Crippen LogP) is 1.39. The second-order valence-corrected chi connectivity index (χ2v) is 6.78. The molecule has 0 bridgehead atoms. The SMILES string of the molecule is NC(=O)c1ccc(CC(=O)N2CCCC(C3CCOCC3)C2)cn1. The van der Waals surface area contributed by atoms with Gasteiger partial charge in [0.15, 0.2) is 0 Å². The molecule has 2 aliphatic rings. The third-order valence-electron chi connectivity index (χ3n) is 5.18. The molecule has 3 rings (SSSR count). The number of rotatable bonds is 4. The molecule has 2 saturated heterocycles. The van der Waals surface area contributed by atoms with Crippen LogP contribution in [0.25, 0.3) is 0 Å². The zero-order valence-corrected chi connectivity index (χ0v) is 13.9. The van der Waals surface area contributed by atoms with E-state index in [1.165, 1.54) is 6.42 Å². The normalized spacial score (nSPS) is 22.3. The minimum Gasteiger partial charge on any atom is -0.381 e. The molecule has 0 spiro atoms. The molecule has 0 radical (unpaired) electrons. The van der Waals surface area contributed by atoms with Crippen molar-refractivity contribution in [2.75, 3.05) is 26.3 Å². The Morgan fingerprint density at radius 1 is 1.21 bits per heavy atom. The van der Waals surface area contributed by atoms with Gasteiger partial charge in [0.2, 0.25) is 5.91 Å². The lowest BCUT2D eigenvalue weighted by Gasteiger charge is -2.38. The average molecular weight is 331 g/mol. The molecule has 0 aromatic carbocycles. The van der Waals surface area contributed by atoms with E-state index in [2.05, 4.69) is 4.98 Å². The maximum Gasteiger partial charge on any atom is 0.267 e. The van der Waals surface area contributed by atoms with Crippen LogP contribution < -0.4 is 5.73 Å². The molecule has 1 aromatic heterocycles. The summed E-state index contributed by atoms with van der Waals surface area (Å²) in [5.41, 5.74) is 6.23. The highest BCUT2D eigenvalue weighted by Crippen LogP contribution is 2.31. The number of hydrogen-bond acceptors (Lipinski definition) is 4. The van der Waals surface area contributed by atoms with E-state index in [1.54, 1.807) is 18.3 Å². The van der Waals surface area contributed by atoms with E-state index in [1.807, 2.05) is 4.90 Å². The van der Waals surface area contributed by atoms with Crippen molar-refractivity contribution in [1.82, 2.24) is 9.88 Å². The Hall–Kier alpha value is -1.95. The summed E-state index contributed by atoms with van der Waals surface area (Å²) in [6, 6.07) is 3.33. The zero-order valence-electron chi connectivity index (χ0n) is 13.9. The molecule has 3 heterocycles. The Balaban J connectivity index is 1.56. The Labute approximate surface area is 142 Å². The van der Waals surface area contributed by atoms with Crippen LogP contribution in [0.4, 0.5) is 0 Å². The quantitative estimate of drug-likeness (QED) is 0.903. The molecule has 6 nitrogen and oxygen atoms in total. The van der Waals surface area contributed by atoms with Gasteiger partial charge in [0.1, 0.15) is 5.69 Å². The van der Waals surface area contributed by atoms with Crippen molar-refractivity contribution in [2.24, 2.45) is 17.6 Å². The number of likely N-dealkylation sites (tertiary alicyclic amines) is 1. The van der Waals surface area contributed by atoms with Gasteiger partial charge in [0, 0.05) is 32.5 Å². The Morgan fingerprint density at radius 2 is 2.00 bits per heavy atom. The minimum absolute atomic E-state index is 0.139. The summed E-state index contributed by atoms with van der Waals surface area (Å²) in [5, 5.41) is 0. The highest BCUT2D eigenvalue weighted by atomic mass is 16.5. The van der Waals surface area contributed by atoms with Crippen LogP contribution in [-0.2, 0) is 16.0 Å². The van der Waals surface area contributed by atoms with Crippen LogP contribution in [0.1, 0.15) is 41.7 Å². The van der Waals surface area contributed by atoms with E-state index in [0.29, 0.717) is 18.3 Å². The summed E-state index contributed by atoms with van der Waals surface area (Å²) in [6.07, 6.45) is 6.41. The fourth-order valence-corrected chi connectivity index (χ4v) is 3.77. The van der Waals surface area contributed by atoms with Crippen molar-refractivity contribution in [3.63, 3.8) is 0 Å². The second-order valence-electron chi connectivity index (χ2n) is 6.78. The van der Waals surface area contributed by atoms with Gasteiger partial charge in [-0.3, -0.25) is 14.6 Å². The lowest BCUT2D eigenvalue weighted by atomic mass is 9.81. The van der Waals surface area contributed by atoms with E-state index in [0.717, 1.165) is 51.1 Å². The van der Waals surface area contributed by atoms with Crippen molar-refractivity contribution in [2.45, 2.75) is 32.1 Å². The highest BCUT2D eigenvalue weighted by molar-refractivity contribution is 5.90. The number of primary amides is 1. The summed E-state index contributed by atoms with van der Waals surface area (Å²) in [7, 11) is 0. The predicted molar refractivity (Wildman–Crippen MR) is 89.3 cm³/mol. The topological polar surface area (TPSA) is 85.5 Å². The lowest BCUT2D eigenvalue weighted by Crippen LogP contribution is -2.43. The van der Waals surface area contributed by atoms with Gasteiger partial charge < -0.3 is 15.4 Å². The molecule has 0 saturated carbocycles. The number of amides is 2. The van der Waals surface area contributed by atoms with Gasteiger partial charge in [-0.1, -0.05) is 6.07 Å². The summed E-state index contributed by atoms with van der Waals surface area (Å²) >= 11 is 0. The first-order valence-electron chi connectivity index (χ1n) is 8.73. The fourth-order valence-electron chi connectivity index (χ4n) is 3.77. The maximum absolute atomic E-state index is 12.6. The van der Waals surface area contributed by atoms with E-state index in [-0.39, 0.29) is 11.6 Å². The van der Waals surface area contributed by atoms with Crippen molar-refractivity contribution in [1.29, 1.82) is 0 Å². The summed E-state index contributed by atoms with van der Waals surface area (Å²) < 4.78 is 5.45. The number of nitrogens with two attached hydrogens (primary N) is 1. The number of carbonyl (C=O) groups is 2. The molecular formula is C18H25N3O3. The number of ether oxygens (including phenoxy) is 1. The monoisotopic (exact) mass is 331 g/mol. The van der Waals surface area contributed by atoms with Crippen LogP contribution >= 0.6 is 0 Å². The van der Waals surface area contributed by atoms with Crippen LogP contribution in [-0.4, -0.2) is 48.0 Å².